The molecule has 0 radical (unpaired) electrons. The summed E-state index contributed by atoms with van der Waals surface area (Å²) in [7, 11) is 0. The van der Waals surface area contributed by atoms with Crippen molar-refractivity contribution >= 4 is 32.8 Å². The first kappa shape index (κ1) is 22.3. The Morgan fingerprint density at radius 1 is 0.649 bits per heavy atom. The first-order valence-electron chi connectivity index (χ1n) is 25.4. The molecule has 5 heteroatoms. The molecule has 0 N–H and O–H groups in total. The fourth-order valence-corrected chi connectivity index (χ4v) is 7.38. The van der Waals surface area contributed by atoms with E-state index in [1.165, 1.54) is 0 Å². The lowest BCUT2D eigenvalue weighted by molar-refractivity contribution is -0.571. The number of ether oxygens (including phenoxy) is 1. The van der Waals surface area contributed by atoms with E-state index in [9.17, 15) is 0 Å². The maximum absolute atomic E-state index is 9.01. The van der Waals surface area contributed by atoms with Crippen molar-refractivity contribution in [1.82, 2.24) is 14.1 Å². The molecule has 0 aliphatic rings. The second-order valence-corrected chi connectivity index (χ2v) is 13.9. The first-order valence-corrected chi connectivity index (χ1v) is 18.4. The summed E-state index contributed by atoms with van der Waals surface area (Å²) in [6.07, 6.45) is 5.85. The van der Waals surface area contributed by atoms with Gasteiger partial charge in [0.2, 0.25) is 0 Å². The Hall–Kier alpha value is -7.24. The number of imidazole rings is 1. The molecule has 0 saturated carbocycles. The van der Waals surface area contributed by atoms with Crippen LogP contribution >= 0.6 is 0 Å². The topological polar surface area (TPSA) is 35.9 Å². The summed E-state index contributed by atoms with van der Waals surface area (Å²) in [5.41, 5.74) is 3.54. The standard InChI is InChI=1S/C52H40N4O/c1-36(2)31-37-29-30-53-51(32-37)56-47-24-10-9-21-45(47)46-28-27-42(34-50(46)56)57-41-20-13-19-40(33-41)54-35-55(49-26-12-11-25-48(49)54)52-43(38-15-5-3-6-16-38)22-14-23-44(52)39-17-7-4-8-18-39/h3-30,32-34,36H,31H2,1-2H3/i3D,4D,5D,6D,7D,8D,9D,10D,15D,16D,17D,18D,21D,24D. The van der Waals surface area contributed by atoms with Gasteiger partial charge in [-0.1, -0.05) is 141 Å². The summed E-state index contributed by atoms with van der Waals surface area (Å²) >= 11 is 0. The maximum atomic E-state index is 9.01. The predicted octanol–water partition coefficient (Wildman–Crippen LogP) is 12.5. The van der Waals surface area contributed by atoms with E-state index in [4.69, 9.17) is 23.9 Å². The molecular weight excluding hydrogens is 697 g/mol. The van der Waals surface area contributed by atoms with Crippen molar-refractivity contribution in [1.29, 1.82) is 0 Å². The minimum absolute atomic E-state index is 0.121. The van der Waals surface area contributed by atoms with Crippen molar-refractivity contribution in [3.05, 3.63) is 200 Å². The molecule has 57 heavy (non-hydrogen) atoms. The van der Waals surface area contributed by atoms with Crippen LogP contribution in [0.4, 0.5) is 0 Å². The Balaban J connectivity index is 1.16. The summed E-state index contributed by atoms with van der Waals surface area (Å²) in [6, 6.07) is 21.5. The highest BCUT2D eigenvalue weighted by Gasteiger charge is 2.20. The van der Waals surface area contributed by atoms with E-state index in [0.29, 0.717) is 56.2 Å². The Bertz CT molecular complexity index is 3740. The van der Waals surface area contributed by atoms with Crippen LogP contribution in [0.2, 0.25) is 0 Å². The van der Waals surface area contributed by atoms with E-state index in [0.717, 1.165) is 12.0 Å². The number of hydrogen-bond acceptors (Lipinski definition) is 2. The van der Waals surface area contributed by atoms with Gasteiger partial charge < -0.3 is 4.74 Å². The second-order valence-electron chi connectivity index (χ2n) is 13.9. The molecule has 0 amide bonds. The minimum atomic E-state index is -0.592. The summed E-state index contributed by atoms with van der Waals surface area (Å²) < 4.78 is 133. The third-order valence-electron chi connectivity index (χ3n) is 9.73. The average molecular weight is 751 g/mol. The Morgan fingerprint density at radius 2 is 1.35 bits per heavy atom. The van der Waals surface area contributed by atoms with Gasteiger partial charge in [0.25, 0.3) is 6.33 Å². The SMILES string of the molecule is [2H]c1c([2H])c([2H])c(-c2cccc(-c3c([2H])c([2H])c([2H])c([2H])c3[2H])c2-[n+]2[c-]n(-c3cccc(Oc4ccc5c6c([2H])c([2H])c([2H])c([2H])c6n(-c6cc(CC(C)C)ccn6)c5c4)c3)c3ccccc32)c([2H])c1[2H]. The first-order chi connectivity index (χ1) is 33.9. The van der Waals surface area contributed by atoms with Gasteiger partial charge in [-0.15, -0.1) is 0 Å². The van der Waals surface area contributed by atoms with Crippen LogP contribution in [-0.4, -0.2) is 14.1 Å². The molecule has 0 fully saturated rings. The lowest BCUT2D eigenvalue weighted by Crippen LogP contribution is -2.31. The van der Waals surface area contributed by atoms with Crippen molar-refractivity contribution < 1.29 is 28.5 Å². The predicted molar refractivity (Wildman–Crippen MR) is 232 cm³/mol. The van der Waals surface area contributed by atoms with E-state index in [1.54, 1.807) is 86.6 Å². The molecule has 10 rings (SSSR count). The van der Waals surface area contributed by atoms with Crippen molar-refractivity contribution in [2.45, 2.75) is 20.3 Å². The Kier molecular flexibility index (Phi) is 5.66. The second kappa shape index (κ2) is 14.4. The highest BCUT2D eigenvalue weighted by Crippen LogP contribution is 2.37. The molecule has 10 aromatic rings. The normalized spacial score (nSPS) is 15.0. The third kappa shape index (κ3) is 6.33. The molecular formula is C52H40N4O. The van der Waals surface area contributed by atoms with Gasteiger partial charge in [-0.05, 0) is 88.7 Å². The van der Waals surface area contributed by atoms with Crippen LogP contribution in [0, 0.1) is 12.2 Å². The summed E-state index contributed by atoms with van der Waals surface area (Å²) in [6.45, 7) is 4.23. The number of nitrogens with zero attached hydrogens (tertiary/aromatic N) is 4. The van der Waals surface area contributed by atoms with Crippen molar-refractivity contribution in [3.8, 4) is 50.9 Å². The quantitative estimate of drug-likeness (QED) is 0.109. The fraction of sp³-hybridized carbons (Fsp3) is 0.0769. The number of rotatable bonds is 9. The number of benzene rings is 7. The van der Waals surface area contributed by atoms with Crippen LogP contribution in [0.15, 0.2) is 188 Å². The van der Waals surface area contributed by atoms with Gasteiger partial charge in [0.15, 0.2) is 0 Å². The summed E-state index contributed by atoms with van der Waals surface area (Å²) in [5, 5.41) is 0.927. The van der Waals surface area contributed by atoms with E-state index >= 15 is 0 Å². The monoisotopic (exact) mass is 750 g/mol. The highest BCUT2D eigenvalue weighted by molar-refractivity contribution is 6.09. The van der Waals surface area contributed by atoms with Crippen LogP contribution < -0.4 is 9.30 Å². The number of fused-ring (bicyclic) bond motifs is 4. The third-order valence-corrected chi connectivity index (χ3v) is 9.73. The molecule has 0 unspecified atom stereocenters. The molecule has 7 aromatic carbocycles. The van der Waals surface area contributed by atoms with Gasteiger partial charge >= 0.3 is 0 Å². The van der Waals surface area contributed by atoms with Crippen LogP contribution in [-0.2, 0) is 6.42 Å². The van der Waals surface area contributed by atoms with Crippen LogP contribution in [0.3, 0.4) is 0 Å². The zero-order valence-electron chi connectivity index (χ0n) is 44.8. The molecule has 0 spiro atoms. The highest BCUT2D eigenvalue weighted by atomic mass is 16.5. The van der Waals surface area contributed by atoms with E-state index in [2.05, 4.69) is 25.2 Å². The number of para-hydroxylation sites is 4. The van der Waals surface area contributed by atoms with Crippen molar-refractivity contribution in [3.63, 3.8) is 0 Å². The van der Waals surface area contributed by atoms with Crippen LogP contribution in [0.1, 0.15) is 38.6 Å². The summed E-state index contributed by atoms with van der Waals surface area (Å²) in [5.74, 6) is 1.62. The Labute approximate surface area is 352 Å². The lowest BCUT2D eigenvalue weighted by Gasteiger charge is -2.17. The van der Waals surface area contributed by atoms with E-state index in [1.807, 2.05) is 30.3 Å². The van der Waals surface area contributed by atoms with Gasteiger partial charge in [-0.2, -0.15) is 0 Å². The van der Waals surface area contributed by atoms with E-state index in [-0.39, 0.29) is 57.6 Å². The molecule has 274 valence electrons. The van der Waals surface area contributed by atoms with Gasteiger partial charge in [-0.25, -0.2) is 4.98 Å². The van der Waals surface area contributed by atoms with Crippen LogP contribution in [0.5, 0.6) is 11.5 Å². The Morgan fingerprint density at radius 3 is 2.12 bits per heavy atom. The zero-order chi connectivity index (χ0) is 50.5. The largest absolute Gasteiger partial charge is 0.458 e. The molecule has 3 heterocycles. The number of hydrogen-bond donors (Lipinski definition) is 0. The smallest absolute Gasteiger partial charge is 0.269 e. The fourth-order valence-electron chi connectivity index (χ4n) is 7.38. The van der Waals surface area contributed by atoms with Crippen molar-refractivity contribution in [2.24, 2.45) is 5.92 Å². The van der Waals surface area contributed by atoms with Crippen molar-refractivity contribution in [2.75, 3.05) is 0 Å². The molecule has 0 aliphatic heterocycles. The summed E-state index contributed by atoms with van der Waals surface area (Å²) in [4.78, 5) is 4.68. The molecule has 0 atom stereocenters. The molecule has 0 aliphatic carbocycles. The molecule has 0 saturated heterocycles. The van der Waals surface area contributed by atoms with Gasteiger partial charge in [0.1, 0.15) is 17.3 Å². The lowest BCUT2D eigenvalue weighted by atomic mass is 9.95. The molecule has 5 nitrogen and oxygen atoms in total. The molecule has 3 aromatic heterocycles. The van der Waals surface area contributed by atoms with Gasteiger partial charge in [0, 0.05) is 23.0 Å². The van der Waals surface area contributed by atoms with Gasteiger partial charge in [0.05, 0.1) is 52.6 Å². The van der Waals surface area contributed by atoms with Gasteiger partial charge in [-0.3, -0.25) is 13.7 Å². The molecule has 0 bridgehead atoms. The zero-order valence-corrected chi connectivity index (χ0v) is 30.8. The average Bonchev–Trinajstić information content (AvgIpc) is 3.92. The number of pyridine rings is 1. The minimum Gasteiger partial charge on any atom is -0.458 e. The van der Waals surface area contributed by atoms with Crippen LogP contribution in [0.25, 0.3) is 72.3 Å². The van der Waals surface area contributed by atoms with E-state index < -0.39 is 60.4 Å². The maximum Gasteiger partial charge on any atom is 0.269 e. The number of aromatic nitrogens is 4.